The smallest absolute Gasteiger partial charge is 0.241 e. The largest absolute Gasteiger partial charge is 0.353 e. The highest BCUT2D eigenvalue weighted by Gasteiger charge is 2.53. The topological polar surface area (TPSA) is 89.3 Å². The van der Waals surface area contributed by atoms with Gasteiger partial charge in [0, 0.05) is 12.1 Å². The molecule has 1 saturated carbocycles. The van der Waals surface area contributed by atoms with E-state index >= 15 is 0 Å². The first-order chi connectivity index (χ1) is 11.0. The fraction of sp³-hybridized carbons (Fsp3) is 0.611. The van der Waals surface area contributed by atoms with Crippen molar-refractivity contribution in [1.82, 2.24) is 5.32 Å². The van der Waals surface area contributed by atoms with Gasteiger partial charge in [-0.2, -0.15) is 0 Å². The molecule has 0 radical (unpaired) electrons. The van der Waals surface area contributed by atoms with E-state index in [0.29, 0.717) is 18.4 Å². The normalized spacial score (nSPS) is 17.7. The number of hydrogen-bond acceptors (Lipinski definition) is 4. The fourth-order valence-corrected chi connectivity index (χ4v) is 5.64. The van der Waals surface area contributed by atoms with Crippen LogP contribution >= 0.6 is 0 Å². The summed E-state index contributed by atoms with van der Waals surface area (Å²) in [5.74, 6) is -0.417. The Hall–Kier alpha value is -1.40. The molecular weight excluding hydrogens is 324 g/mol. The van der Waals surface area contributed by atoms with Crippen LogP contribution in [0, 0.1) is 13.8 Å². The summed E-state index contributed by atoms with van der Waals surface area (Å²) in [4.78, 5) is 13.2. The van der Waals surface area contributed by atoms with Gasteiger partial charge in [0.05, 0.1) is 4.90 Å². The molecule has 24 heavy (non-hydrogen) atoms. The van der Waals surface area contributed by atoms with Crippen LogP contribution in [0.5, 0.6) is 0 Å². The van der Waals surface area contributed by atoms with Gasteiger partial charge in [0.25, 0.3) is 0 Å². The molecule has 0 aromatic heterocycles. The fourth-order valence-electron chi connectivity index (χ4n) is 3.24. The van der Waals surface area contributed by atoms with Crippen molar-refractivity contribution in [2.45, 2.75) is 68.6 Å². The van der Waals surface area contributed by atoms with E-state index in [4.69, 9.17) is 5.73 Å². The number of amides is 1. The summed E-state index contributed by atoms with van der Waals surface area (Å²) in [7, 11) is -3.77. The third-order valence-corrected chi connectivity index (χ3v) is 7.32. The molecule has 0 unspecified atom stereocenters. The van der Waals surface area contributed by atoms with Crippen molar-refractivity contribution in [3.8, 4) is 0 Å². The van der Waals surface area contributed by atoms with Gasteiger partial charge >= 0.3 is 0 Å². The third-order valence-electron chi connectivity index (χ3n) is 4.68. The molecular formula is C18H28N2O3S. The average Bonchev–Trinajstić information content (AvgIpc) is 2.97. The molecule has 6 heteroatoms. The number of rotatable bonds is 5. The Labute approximate surface area is 144 Å². The molecule has 2 rings (SSSR count). The molecule has 134 valence electrons. The lowest BCUT2D eigenvalue weighted by Gasteiger charge is -2.30. The molecule has 0 bridgehead atoms. The van der Waals surface area contributed by atoms with Gasteiger partial charge in [0.15, 0.2) is 14.6 Å². The van der Waals surface area contributed by atoms with E-state index in [1.165, 1.54) is 0 Å². The summed E-state index contributed by atoms with van der Waals surface area (Å²) in [6.45, 7) is 7.48. The van der Waals surface area contributed by atoms with Gasteiger partial charge in [0.1, 0.15) is 0 Å². The molecule has 1 aromatic rings. The number of carbonyl (C=O) groups is 1. The van der Waals surface area contributed by atoms with Crippen LogP contribution in [-0.4, -0.2) is 31.2 Å². The van der Waals surface area contributed by atoms with E-state index in [9.17, 15) is 13.2 Å². The first kappa shape index (κ1) is 18.9. The Kier molecular flexibility index (Phi) is 5.11. The van der Waals surface area contributed by atoms with Crippen molar-refractivity contribution in [2.75, 3.05) is 6.54 Å². The van der Waals surface area contributed by atoms with Gasteiger partial charge < -0.3 is 11.1 Å². The zero-order valence-electron chi connectivity index (χ0n) is 15.0. The van der Waals surface area contributed by atoms with Crippen LogP contribution in [0.1, 0.15) is 50.7 Å². The second-order valence-electron chi connectivity index (χ2n) is 7.65. The average molecular weight is 353 g/mol. The number of carbonyl (C=O) groups excluding carboxylic acids is 1. The quantitative estimate of drug-likeness (QED) is 0.850. The van der Waals surface area contributed by atoms with Gasteiger partial charge in [-0.3, -0.25) is 4.79 Å². The Morgan fingerprint density at radius 1 is 1.25 bits per heavy atom. The monoisotopic (exact) mass is 352 g/mol. The van der Waals surface area contributed by atoms with Crippen molar-refractivity contribution in [2.24, 2.45) is 5.73 Å². The second-order valence-corrected chi connectivity index (χ2v) is 9.87. The molecule has 3 N–H and O–H groups in total. The summed E-state index contributed by atoms with van der Waals surface area (Å²) >= 11 is 0. The summed E-state index contributed by atoms with van der Waals surface area (Å²) < 4.78 is 25.4. The molecule has 0 spiro atoms. The maximum absolute atomic E-state index is 13.4. The number of aryl methyl sites for hydroxylation is 2. The molecule has 1 amide bonds. The third kappa shape index (κ3) is 3.49. The lowest BCUT2D eigenvalue weighted by Crippen LogP contribution is -2.55. The van der Waals surface area contributed by atoms with Crippen LogP contribution < -0.4 is 11.1 Å². The van der Waals surface area contributed by atoms with Crippen LogP contribution in [0.25, 0.3) is 0 Å². The summed E-state index contributed by atoms with van der Waals surface area (Å²) in [5.41, 5.74) is 6.89. The van der Waals surface area contributed by atoms with Crippen LogP contribution in [0.4, 0.5) is 0 Å². The lowest BCUT2D eigenvalue weighted by atomic mass is 10.0. The molecule has 0 heterocycles. The predicted octanol–water partition coefficient (Wildman–Crippen LogP) is 2.24. The highest BCUT2D eigenvalue weighted by Crippen LogP contribution is 2.41. The van der Waals surface area contributed by atoms with Crippen molar-refractivity contribution < 1.29 is 13.2 Å². The van der Waals surface area contributed by atoms with E-state index in [1.54, 1.807) is 32.9 Å². The van der Waals surface area contributed by atoms with E-state index < -0.39 is 26.0 Å². The predicted molar refractivity (Wildman–Crippen MR) is 95.6 cm³/mol. The van der Waals surface area contributed by atoms with Crippen LogP contribution in [0.2, 0.25) is 0 Å². The first-order valence-electron chi connectivity index (χ1n) is 8.39. The van der Waals surface area contributed by atoms with Crippen LogP contribution in [0.15, 0.2) is 23.1 Å². The molecule has 5 nitrogen and oxygen atoms in total. The minimum absolute atomic E-state index is 0.246. The zero-order chi connectivity index (χ0) is 18.2. The van der Waals surface area contributed by atoms with E-state index in [2.05, 4.69) is 5.32 Å². The zero-order valence-corrected chi connectivity index (χ0v) is 15.8. The molecule has 1 aliphatic rings. The molecule has 1 aromatic carbocycles. The van der Waals surface area contributed by atoms with Gasteiger partial charge in [0.2, 0.25) is 5.91 Å². The Morgan fingerprint density at radius 3 is 2.38 bits per heavy atom. The Bertz CT molecular complexity index is 727. The molecule has 0 aliphatic heterocycles. The van der Waals surface area contributed by atoms with Gasteiger partial charge in [-0.15, -0.1) is 0 Å². The second kappa shape index (κ2) is 6.48. The minimum Gasteiger partial charge on any atom is -0.353 e. The summed E-state index contributed by atoms with van der Waals surface area (Å²) in [5, 5.41) is 2.77. The molecule has 0 saturated heterocycles. The maximum atomic E-state index is 13.4. The van der Waals surface area contributed by atoms with Crippen LogP contribution in [-0.2, 0) is 14.6 Å². The van der Waals surface area contributed by atoms with Gasteiger partial charge in [-0.25, -0.2) is 8.42 Å². The SMILES string of the molecule is Cc1ccc(C)c(S(=O)(=O)C2(C(=O)NCC(C)(C)N)CCCC2)c1. The molecule has 1 aliphatic carbocycles. The standard InChI is InChI=1S/C18H28N2O3S/c1-13-7-8-14(2)15(11-13)24(22,23)18(9-5-6-10-18)16(21)20-12-17(3,4)19/h7-8,11H,5-6,9-10,12,19H2,1-4H3,(H,20,21). The van der Waals surface area contributed by atoms with E-state index in [0.717, 1.165) is 18.4 Å². The number of sulfone groups is 1. The first-order valence-corrected chi connectivity index (χ1v) is 9.87. The molecule has 1 fully saturated rings. The number of benzene rings is 1. The van der Waals surface area contributed by atoms with Gasteiger partial charge in [-0.1, -0.05) is 25.0 Å². The van der Waals surface area contributed by atoms with E-state index in [1.807, 2.05) is 13.0 Å². The summed E-state index contributed by atoms with van der Waals surface area (Å²) in [6.07, 6.45) is 2.20. The van der Waals surface area contributed by atoms with Gasteiger partial charge in [-0.05, 0) is 57.7 Å². The van der Waals surface area contributed by atoms with Crippen molar-refractivity contribution >= 4 is 15.7 Å². The van der Waals surface area contributed by atoms with Crippen molar-refractivity contribution in [3.05, 3.63) is 29.3 Å². The molecule has 0 atom stereocenters. The Balaban J connectivity index is 2.45. The summed E-state index contributed by atoms with van der Waals surface area (Å²) in [6, 6.07) is 5.35. The highest BCUT2D eigenvalue weighted by molar-refractivity contribution is 7.93. The number of hydrogen-bond donors (Lipinski definition) is 2. The number of nitrogens with one attached hydrogen (secondary N) is 1. The highest BCUT2D eigenvalue weighted by atomic mass is 32.2. The number of nitrogens with two attached hydrogens (primary N) is 1. The van der Waals surface area contributed by atoms with E-state index in [-0.39, 0.29) is 11.4 Å². The minimum atomic E-state index is -3.77. The van der Waals surface area contributed by atoms with Crippen molar-refractivity contribution in [1.29, 1.82) is 0 Å². The lowest BCUT2D eigenvalue weighted by molar-refractivity contribution is -0.123. The van der Waals surface area contributed by atoms with Crippen LogP contribution in [0.3, 0.4) is 0 Å². The Morgan fingerprint density at radius 2 is 1.83 bits per heavy atom. The van der Waals surface area contributed by atoms with Crippen molar-refractivity contribution in [3.63, 3.8) is 0 Å². The maximum Gasteiger partial charge on any atom is 0.241 e.